The third-order valence-corrected chi connectivity index (χ3v) is 5.31. The van der Waals surface area contributed by atoms with E-state index in [1.165, 1.54) is 43.2 Å². The van der Waals surface area contributed by atoms with Crippen LogP contribution in [0.5, 0.6) is 0 Å². The molecule has 1 saturated carbocycles. The number of alkyl carbamates (subject to hydrolysis) is 1. The molecule has 0 aliphatic heterocycles. The Hall–Kier alpha value is -1.77. The number of carbonyl (C=O) groups is 1. The van der Waals surface area contributed by atoms with Crippen LogP contribution in [0.4, 0.5) is 4.79 Å². The summed E-state index contributed by atoms with van der Waals surface area (Å²) in [6, 6.07) is 9.12. The highest BCUT2D eigenvalue weighted by Gasteiger charge is 2.38. The summed E-state index contributed by atoms with van der Waals surface area (Å²) in [7, 11) is 0. The van der Waals surface area contributed by atoms with E-state index in [1.807, 2.05) is 0 Å². The maximum absolute atomic E-state index is 11.6. The van der Waals surface area contributed by atoms with E-state index in [4.69, 9.17) is 4.74 Å². The van der Waals surface area contributed by atoms with Crippen molar-refractivity contribution in [2.75, 3.05) is 6.61 Å². The summed E-state index contributed by atoms with van der Waals surface area (Å²) in [5, 5.41) is 2.99. The molecule has 22 heavy (non-hydrogen) atoms. The van der Waals surface area contributed by atoms with Crippen LogP contribution in [0.25, 0.3) is 0 Å². The van der Waals surface area contributed by atoms with E-state index in [0.29, 0.717) is 5.41 Å². The van der Waals surface area contributed by atoms with Crippen LogP contribution in [0.2, 0.25) is 0 Å². The summed E-state index contributed by atoms with van der Waals surface area (Å²) in [5.41, 5.74) is 3.52. The van der Waals surface area contributed by atoms with Crippen molar-refractivity contribution < 1.29 is 9.53 Å². The number of aryl methyl sites for hydroxylation is 1. The fourth-order valence-electron chi connectivity index (χ4n) is 4.01. The summed E-state index contributed by atoms with van der Waals surface area (Å²) in [6.45, 7) is 3.83. The highest BCUT2D eigenvalue weighted by atomic mass is 16.5. The molecule has 2 aliphatic carbocycles. The average Bonchev–Trinajstić information content (AvgIpc) is 2.55. The van der Waals surface area contributed by atoms with Crippen molar-refractivity contribution in [3.05, 3.63) is 48.0 Å². The Balaban J connectivity index is 1.54. The Kier molecular flexibility index (Phi) is 4.51. The van der Waals surface area contributed by atoms with Gasteiger partial charge in [-0.3, -0.25) is 0 Å². The standard InChI is InChI=1S/C19H25NO2/c1-2-13-22-18(21)20-17-8-11-19(12-9-17)10-7-15-5-3-4-6-16(15)14-19/h2-6,17H,1,7-14H2,(H,20,21). The quantitative estimate of drug-likeness (QED) is 0.856. The average molecular weight is 299 g/mol. The first-order valence-electron chi connectivity index (χ1n) is 8.32. The topological polar surface area (TPSA) is 38.3 Å². The molecule has 0 heterocycles. The number of carbonyl (C=O) groups excluding carboxylic acids is 1. The Labute approximate surface area is 132 Å². The zero-order valence-corrected chi connectivity index (χ0v) is 13.1. The molecule has 3 nitrogen and oxygen atoms in total. The SMILES string of the molecule is C=CCOC(=O)NC1CCC2(CCc3ccccc3C2)CC1. The van der Waals surface area contributed by atoms with Crippen molar-refractivity contribution in [1.29, 1.82) is 0 Å². The van der Waals surface area contributed by atoms with E-state index in [2.05, 4.69) is 36.2 Å². The fraction of sp³-hybridized carbons (Fsp3) is 0.526. The van der Waals surface area contributed by atoms with Gasteiger partial charge in [-0.1, -0.05) is 36.9 Å². The lowest BCUT2D eigenvalue weighted by molar-refractivity contribution is 0.122. The normalized spacial score (nSPS) is 27.0. The van der Waals surface area contributed by atoms with Gasteiger partial charge in [0.05, 0.1) is 0 Å². The first-order chi connectivity index (χ1) is 10.7. The third-order valence-electron chi connectivity index (χ3n) is 5.31. The zero-order chi connectivity index (χ0) is 15.4. The van der Waals surface area contributed by atoms with Gasteiger partial charge in [-0.05, 0) is 61.5 Å². The molecular formula is C19H25NO2. The van der Waals surface area contributed by atoms with Gasteiger partial charge in [0.2, 0.25) is 0 Å². The van der Waals surface area contributed by atoms with E-state index in [-0.39, 0.29) is 18.7 Å². The number of benzene rings is 1. The monoisotopic (exact) mass is 299 g/mol. The van der Waals surface area contributed by atoms with Crippen LogP contribution in [-0.2, 0) is 17.6 Å². The lowest BCUT2D eigenvalue weighted by Gasteiger charge is -2.43. The predicted molar refractivity (Wildman–Crippen MR) is 87.8 cm³/mol. The van der Waals surface area contributed by atoms with Crippen molar-refractivity contribution in [1.82, 2.24) is 5.32 Å². The minimum Gasteiger partial charge on any atom is -0.445 e. The van der Waals surface area contributed by atoms with Crippen LogP contribution in [-0.4, -0.2) is 18.7 Å². The van der Waals surface area contributed by atoms with Gasteiger partial charge < -0.3 is 10.1 Å². The van der Waals surface area contributed by atoms with Crippen LogP contribution in [0.3, 0.4) is 0 Å². The molecule has 0 unspecified atom stereocenters. The largest absolute Gasteiger partial charge is 0.445 e. The van der Waals surface area contributed by atoms with Crippen LogP contribution < -0.4 is 5.32 Å². The molecule has 1 aromatic carbocycles. The number of fused-ring (bicyclic) bond motifs is 1. The van der Waals surface area contributed by atoms with E-state index in [0.717, 1.165) is 12.8 Å². The molecule has 0 atom stereocenters. The van der Waals surface area contributed by atoms with E-state index >= 15 is 0 Å². The molecule has 1 spiro atoms. The van der Waals surface area contributed by atoms with Crippen molar-refractivity contribution >= 4 is 6.09 Å². The number of nitrogens with one attached hydrogen (secondary N) is 1. The summed E-state index contributed by atoms with van der Waals surface area (Å²) >= 11 is 0. The molecule has 3 heteroatoms. The maximum Gasteiger partial charge on any atom is 0.407 e. The highest BCUT2D eigenvalue weighted by molar-refractivity contribution is 5.67. The van der Waals surface area contributed by atoms with Crippen LogP contribution in [0.15, 0.2) is 36.9 Å². The molecule has 1 aromatic rings. The number of rotatable bonds is 3. The predicted octanol–water partition coefficient (Wildman–Crippen LogP) is 4.02. The lowest BCUT2D eigenvalue weighted by atomic mass is 9.63. The molecule has 0 radical (unpaired) electrons. The second-order valence-corrected chi connectivity index (χ2v) is 6.75. The molecule has 1 fully saturated rings. The van der Waals surface area contributed by atoms with Gasteiger partial charge in [0.25, 0.3) is 0 Å². The van der Waals surface area contributed by atoms with Gasteiger partial charge in [0, 0.05) is 6.04 Å². The molecule has 118 valence electrons. The first kappa shape index (κ1) is 15.1. The minimum absolute atomic E-state index is 0.264. The zero-order valence-electron chi connectivity index (χ0n) is 13.1. The molecular weight excluding hydrogens is 274 g/mol. The Morgan fingerprint density at radius 3 is 2.73 bits per heavy atom. The van der Waals surface area contributed by atoms with Gasteiger partial charge in [0.1, 0.15) is 6.61 Å². The summed E-state index contributed by atoms with van der Waals surface area (Å²) < 4.78 is 5.01. The second kappa shape index (κ2) is 6.55. The van der Waals surface area contributed by atoms with Gasteiger partial charge >= 0.3 is 6.09 Å². The van der Waals surface area contributed by atoms with Crippen LogP contribution in [0, 0.1) is 5.41 Å². The Morgan fingerprint density at radius 2 is 2.00 bits per heavy atom. The smallest absolute Gasteiger partial charge is 0.407 e. The number of ether oxygens (including phenoxy) is 1. The van der Waals surface area contributed by atoms with Crippen molar-refractivity contribution in [3.63, 3.8) is 0 Å². The van der Waals surface area contributed by atoms with E-state index in [1.54, 1.807) is 6.08 Å². The molecule has 3 rings (SSSR count). The summed E-state index contributed by atoms with van der Waals surface area (Å²) in [4.78, 5) is 11.6. The van der Waals surface area contributed by atoms with Crippen molar-refractivity contribution in [2.24, 2.45) is 5.41 Å². The molecule has 1 amide bonds. The van der Waals surface area contributed by atoms with E-state index in [9.17, 15) is 4.79 Å². The fourth-order valence-corrected chi connectivity index (χ4v) is 4.01. The lowest BCUT2D eigenvalue weighted by Crippen LogP contribution is -2.42. The number of hydrogen-bond donors (Lipinski definition) is 1. The Morgan fingerprint density at radius 1 is 1.27 bits per heavy atom. The highest BCUT2D eigenvalue weighted by Crippen LogP contribution is 2.46. The molecule has 0 aromatic heterocycles. The summed E-state index contributed by atoms with van der Waals surface area (Å²) in [6.07, 6.45) is 9.51. The summed E-state index contributed by atoms with van der Waals surface area (Å²) in [5.74, 6) is 0. The Bertz CT molecular complexity index is 544. The van der Waals surface area contributed by atoms with Gasteiger partial charge in [-0.15, -0.1) is 0 Å². The molecule has 0 bridgehead atoms. The van der Waals surface area contributed by atoms with Crippen molar-refractivity contribution in [3.8, 4) is 0 Å². The van der Waals surface area contributed by atoms with Crippen molar-refractivity contribution in [2.45, 2.75) is 51.0 Å². The van der Waals surface area contributed by atoms with E-state index < -0.39 is 0 Å². The number of hydrogen-bond acceptors (Lipinski definition) is 2. The first-order valence-corrected chi connectivity index (χ1v) is 8.32. The molecule has 1 N–H and O–H groups in total. The maximum atomic E-state index is 11.6. The van der Waals surface area contributed by atoms with Crippen LogP contribution in [0.1, 0.15) is 43.2 Å². The number of amides is 1. The second-order valence-electron chi connectivity index (χ2n) is 6.75. The van der Waals surface area contributed by atoms with Gasteiger partial charge in [-0.2, -0.15) is 0 Å². The minimum atomic E-state index is -0.310. The van der Waals surface area contributed by atoms with Gasteiger partial charge in [0.15, 0.2) is 0 Å². The third kappa shape index (κ3) is 3.34. The molecule has 0 saturated heterocycles. The van der Waals surface area contributed by atoms with Gasteiger partial charge in [-0.25, -0.2) is 4.79 Å². The molecule has 2 aliphatic rings. The van der Waals surface area contributed by atoms with Crippen LogP contribution >= 0.6 is 0 Å².